The number of hydrogen-bond donors (Lipinski definition) is 0. The predicted molar refractivity (Wildman–Crippen MR) is 115 cm³/mol. The van der Waals surface area contributed by atoms with Gasteiger partial charge in [-0.1, -0.05) is 6.07 Å². The molecule has 0 saturated carbocycles. The van der Waals surface area contributed by atoms with E-state index in [4.69, 9.17) is 9.47 Å². The molecule has 0 N–H and O–H groups in total. The summed E-state index contributed by atoms with van der Waals surface area (Å²) >= 11 is 0. The Morgan fingerprint density at radius 3 is 2.22 bits per heavy atom. The molecule has 1 aromatic heterocycles. The number of carbonyl (C=O) groups is 1. The van der Waals surface area contributed by atoms with Gasteiger partial charge in [0.1, 0.15) is 28.7 Å². The van der Waals surface area contributed by atoms with Crippen molar-refractivity contribution in [3.63, 3.8) is 0 Å². The molecule has 166 valence electrons. The Hall–Kier alpha value is -3.75. The zero-order valence-electron chi connectivity index (χ0n) is 17.7. The fraction of sp³-hybridized carbons (Fsp3) is 0.261. The zero-order valence-corrected chi connectivity index (χ0v) is 17.7. The molecular weight excluding hydrogens is 418 g/mol. The molecule has 0 radical (unpaired) electrons. The lowest BCUT2D eigenvalue weighted by molar-refractivity contribution is 0.0736. The third-order valence-electron chi connectivity index (χ3n) is 5.40. The maximum absolute atomic E-state index is 13.9. The number of halogens is 2. The summed E-state index contributed by atoms with van der Waals surface area (Å²) in [5.41, 5.74) is 0.874. The Balaban J connectivity index is 1.45. The predicted octanol–water partition coefficient (Wildman–Crippen LogP) is 3.40. The van der Waals surface area contributed by atoms with Crippen LogP contribution in [0.15, 0.2) is 48.5 Å². The zero-order chi connectivity index (χ0) is 22.7. The second kappa shape index (κ2) is 9.17. The molecular formula is C23H22F2N4O3. The quantitative estimate of drug-likeness (QED) is 0.606. The topological polar surface area (TPSA) is 67.8 Å². The highest BCUT2D eigenvalue weighted by Crippen LogP contribution is 2.32. The smallest absolute Gasteiger partial charge is 0.259 e. The lowest BCUT2D eigenvalue weighted by Gasteiger charge is -2.35. The number of hydrogen-bond acceptors (Lipinski definition) is 6. The van der Waals surface area contributed by atoms with Crippen molar-refractivity contribution in [2.24, 2.45) is 0 Å². The average molecular weight is 440 g/mol. The molecule has 0 bridgehead atoms. The van der Waals surface area contributed by atoms with E-state index in [9.17, 15) is 13.6 Å². The second-order valence-electron chi connectivity index (χ2n) is 7.22. The number of ether oxygens (including phenoxy) is 2. The Bertz CT molecular complexity index is 1100. The van der Waals surface area contributed by atoms with Gasteiger partial charge in [0.25, 0.3) is 5.91 Å². The van der Waals surface area contributed by atoms with E-state index in [0.717, 1.165) is 17.7 Å². The van der Waals surface area contributed by atoms with Crippen LogP contribution in [0.4, 0.5) is 14.6 Å². The first-order valence-corrected chi connectivity index (χ1v) is 10.1. The summed E-state index contributed by atoms with van der Waals surface area (Å²) in [6.07, 6.45) is 0. The van der Waals surface area contributed by atoms with Crippen LogP contribution in [0.5, 0.6) is 11.5 Å². The summed E-state index contributed by atoms with van der Waals surface area (Å²) in [6, 6.07) is 12.5. The van der Waals surface area contributed by atoms with Gasteiger partial charge in [-0.15, -0.1) is 10.2 Å². The number of methoxy groups -OCH3 is 2. The molecule has 0 aliphatic carbocycles. The molecule has 0 unspecified atom stereocenters. The van der Waals surface area contributed by atoms with E-state index in [1.54, 1.807) is 26.4 Å². The second-order valence-corrected chi connectivity index (χ2v) is 7.22. The minimum atomic E-state index is -0.855. The molecule has 9 heteroatoms. The summed E-state index contributed by atoms with van der Waals surface area (Å²) in [4.78, 5) is 16.0. The summed E-state index contributed by atoms with van der Waals surface area (Å²) in [7, 11) is 3.17. The van der Waals surface area contributed by atoms with Crippen LogP contribution in [-0.4, -0.2) is 61.4 Å². The van der Waals surface area contributed by atoms with Crippen molar-refractivity contribution in [3.05, 3.63) is 65.7 Å². The molecule has 32 heavy (non-hydrogen) atoms. The number of aromatic nitrogens is 2. The normalized spacial score (nSPS) is 13.8. The fourth-order valence-corrected chi connectivity index (χ4v) is 3.65. The minimum absolute atomic E-state index is 0.319. The summed E-state index contributed by atoms with van der Waals surface area (Å²) in [5, 5.41) is 8.65. The van der Waals surface area contributed by atoms with Gasteiger partial charge in [-0.25, -0.2) is 8.78 Å². The van der Waals surface area contributed by atoms with Gasteiger partial charge >= 0.3 is 0 Å². The van der Waals surface area contributed by atoms with E-state index in [1.807, 2.05) is 23.1 Å². The van der Waals surface area contributed by atoms with E-state index >= 15 is 0 Å². The Labute approximate surface area is 184 Å². The van der Waals surface area contributed by atoms with Crippen molar-refractivity contribution in [3.8, 4) is 22.8 Å². The van der Waals surface area contributed by atoms with Gasteiger partial charge in [-0.3, -0.25) is 4.79 Å². The van der Waals surface area contributed by atoms with Crippen molar-refractivity contribution in [2.75, 3.05) is 45.3 Å². The fourth-order valence-electron chi connectivity index (χ4n) is 3.65. The largest absolute Gasteiger partial charge is 0.497 e. The average Bonchev–Trinajstić information content (AvgIpc) is 2.83. The molecule has 2 heterocycles. The lowest BCUT2D eigenvalue weighted by atomic mass is 10.1. The van der Waals surface area contributed by atoms with Gasteiger partial charge in [0, 0.05) is 31.7 Å². The molecule has 3 aromatic rings. The Morgan fingerprint density at radius 1 is 0.906 bits per heavy atom. The van der Waals surface area contributed by atoms with Crippen LogP contribution < -0.4 is 14.4 Å². The van der Waals surface area contributed by atoms with E-state index in [2.05, 4.69) is 10.2 Å². The molecule has 7 nitrogen and oxygen atoms in total. The molecule has 1 amide bonds. The third-order valence-corrected chi connectivity index (χ3v) is 5.40. The van der Waals surface area contributed by atoms with Crippen LogP contribution in [0.3, 0.4) is 0 Å². The van der Waals surface area contributed by atoms with Crippen LogP contribution in [0, 0.1) is 11.6 Å². The molecule has 1 aliphatic heterocycles. The molecule has 0 atom stereocenters. The van der Waals surface area contributed by atoms with E-state index < -0.39 is 23.1 Å². The van der Waals surface area contributed by atoms with Crippen molar-refractivity contribution in [1.82, 2.24) is 15.1 Å². The van der Waals surface area contributed by atoms with E-state index in [1.165, 1.54) is 11.0 Å². The van der Waals surface area contributed by atoms with Crippen molar-refractivity contribution in [1.29, 1.82) is 0 Å². The minimum Gasteiger partial charge on any atom is -0.497 e. The van der Waals surface area contributed by atoms with Crippen molar-refractivity contribution >= 4 is 11.7 Å². The SMILES string of the molecule is COc1ccc(OC)c(-c2ccc(N3CCN(C(=O)c4c(F)cccc4F)CC3)nn2)c1. The Kier molecular flexibility index (Phi) is 6.16. The molecule has 2 aromatic carbocycles. The monoisotopic (exact) mass is 440 g/mol. The maximum Gasteiger partial charge on any atom is 0.259 e. The highest BCUT2D eigenvalue weighted by atomic mass is 19.1. The molecule has 1 saturated heterocycles. The first-order chi connectivity index (χ1) is 15.5. The third kappa shape index (κ3) is 4.18. The number of benzene rings is 2. The molecule has 1 fully saturated rings. The van der Waals surface area contributed by atoms with Crippen LogP contribution in [0.25, 0.3) is 11.3 Å². The van der Waals surface area contributed by atoms with Crippen molar-refractivity contribution < 1.29 is 23.0 Å². The van der Waals surface area contributed by atoms with Gasteiger partial charge < -0.3 is 19.3 Å². The summed E-state index contributed by atoms with van der Waals surface area (Å²) < 4.78 is 38.6. The number of piperazine rings is 1. The number of anilines is 1. The lowest BCUT2D eigenvalue weighted by Crippen LogP contribution is -2.49. The Morgan fingerprint density at radius 2 is 1.62 bits per heavy atom. The highest BCUT2D eigenvalue weighted by Gasteiger charge is 2.27. The number of carbonyl (C=O) groups excluding carboxylic acids is 1. The summed E-state index contributed by atoms with van der Waals surface area (Å²) in [5.74, 6) is -0.371. The molecule has 4 rings (SSSR count). The van der Waals surface area contributed by atoms with Crippen LogP contribution in [0.1, 0.15) is 10.4 Å². The first-order valence-electron chi connectivity index (χ1n) is 10.1. The summed E-state index contributed by atoms with van der Waals surface area (Å²) in [6.45, 7) is 1.58. The van der Waals surface area contributed by atoms with Gasteiger partial charge in [0.15, 0.2) is 5.82 Å². The number of rotatable bonds is 5. The standard InChI is InChI=1S/C23H22F2N4O3/c1-31-15-6-8-20(32-2)16(14-15)19-7-9-21(27-26-19)28-10-12-29(13-11-28)23(30)22-17(24)4-3-5-18(22)25/h3-9,14H,10-13H2,1-2H3. The van der Waals surface area contributed by atoms with Crippen molar-refractivity contribution in [2.45, 2.75) is 0 Å². The van der Waals surface area contributed by atoms with E-state index in [0.29, 0.717) is 49.2 Å². The van der Waals surface area contributed by atoms with Gasteiger partial charge in [-0.05, 0) is 42.5 Å². The van der Waals surface area contributed by atoms with Gasteiger partial charge in [0.05, 0.1) is 19.9 Å². The maximum atomic E-state index is 13.9. The van der Waals surface area contributed by atoms with E-state index in [-0.39, 0.29) is 0 Å². The van der Waals surface area contributed by atoms with Gasteiger partial charge in [0.2, 0.25) is 0 Å². The van der Waals surface area contributed by atoms with Crippen LogP contribution in [0.2, 0.25) is 0 Å². The molecule has 1 aliphatic rings. The van der Waals surface area contributed by atoms with Crippen LogP contribution >= 0.6 is 0 Å². The van der Waals surface area contributed by atoms with Gasteiger partial charge in [-0.2, -0.15) is 0 Å². The number of nitrogens with zero attached hydrogens (tertiary/aromatic N) is 4. The number of amides is 1. The highest BCUT2D eigenvalue weighted by molar-refractivity contribution is 5.95. The first kappa shape index (κ1) is 21.5. The molecule has 0 spiro atoms. The van der Waals surface area contributed by atoms with Crippen LogP contribution in [-0.2, 0) is 0 Å².